The molecule has 380 valence electrons. The molecule has 0 aromatic carbocycles. The van der Waals surface area contributed by atoms with Crippen LogP contribution < -0.4 is 0 Å². The van der Waals surface area contributed by atoms with Gasteiger partial charge in [0.2, 0.25) is 11.6 Å². The lowest BCUT2D eigenvalue weighted by molar-refractivity contribution is -0.267. The molecule has 0 radical (unpaired) electrons. The number of allylic oxidation sites excluding steroid dienone is 6. The number of nitrogens with zero attached hydrogens (tertiary/aromatic N) is 1. The van der Waals surface area contributed by atoms with Gasteiger partial charge in [-0.05, 0) is 107 Å². The molecule has 0 aromatic rings. The molecule has 1 aliphatic carbocycles. The number of aliphatic hydroxyl groups excluding tert-OH is 2. The second-order valence-corrected chi connectivity index (χ2v) is 20.2. The van der Waals surface area contributed by atoms with Gasteiger partial charge in [0, 0.05) is 51.9 Å². The lowest BCUT2D eigenvalue weighted by Gasteiger charge is -2.43. The summed E-state index contributed by atoms with van der Waals surface area (Å²) in [7, 11) is 4.69. The Morgan fingerprint density at radius 2 is 1.63 bits per heavy atom. The molecular formula is C53H85NO13. The van der Waals surface area contributed by atoms with E-state index in [4.69, 9.17) is 28.4 Å². The summed E-state index contributed by atoms with van der Waals surface area (Å²) in [6.45, 7) is 13.5. The third kappa shape index (κ3) is 16.1. The van der Waals surface area contributed by atoms with Crippen molar-refractivity contribution in [3.05, 3.63) is 47.6 Å². The van der Waals surface area contributed by atoms with Crippen molar-refractivity contribution in [3.63, 3.8) is 0 Å². The van der Waals surface area contributed by atoms with Gasteiger partial charge in [-0.15, -0.1) is 0 Å². The Hall–Kier alpha value is -2.92. The van der Waals surface area contributed by atoms with E-state index in [-0.39, 0.29) is 73.8 Å². The SMILES string of the molecule is COC1CC2CCC(C)C(O)(O2)C(=O)CN2CCCCC2C(=O)OC(C(C)CC2CCC(OCCO)C(OC)C2)CC(=O)/C(C)=C/C(C)C(O)C(OC)C(=O)C(C)CC(C)C=CC=CC=C1C. The number of hydrogen-bond acceptors (Lipinski definition) is 14. The maximum Gasteiger partial charge on any atom is 0.323 e. The van der Waals surface area contributed by atoms with Gasteiger partial charge in [-0.3, -0.25) is 24.1 Å². The molecule has 3 N–H and O–H groups in total. The molecule has 4 aliphatic rings. The number of fused-ring (bicyclic) bond motifs is 3. The van der Waals surface area contributed by atoms with Crippen LogP contribution in [-0.2, 0) is 47.6 Å². The number of aliphatic hydroxyl groups is 3. The molecule has 3 fully saturated rings. The number of methoxy groups -OCH3 is 3. The van der Waals surface area contributed by atoms with E-state index in [1.165, 1.54) is 7.11 Å². The third-order valence-electron chi connectivity index (χ3n) is 15.0. The van der Waals surface area contributed by atoms with Gasteiger partial charge in [0.25, 0.3) is 0 Å². The standard InChI is InChI=1S/C53H85NO13/c1-33-16-12-11-13-17-34(2)45(62-8)30-41-21-19-39(7)53(61,67-41)48(57)32-54-23-15-14-18-42(54)52(60)66-46(36(4)28-40-20-22-44(65-25-24-55)47(29-40)63-9)31-43(56)35(3)27-38(6)50(59)51(64-10)49(58)37(5)26-33/h11-13,16-17,27,33,36-42,44-47,50-51,55,59,61H,14-15,18-26,28-32H2,1-10H3/b13-11?,16-12?,34-17?,35-27+. The van der Waals surface area contributed by atoms with Crippen LogP contribution >= 0.6 is 0 Å². The summed E-state index contributed by atoms with van der Waals surface area (Å²) in [6.07, 6.45) is 14.1. The maximum absolute atomic E-state index is 14.5. The molecule has 2 bridgehead atoms. The number of ketones is 3. The Morgan fingerprint density at radius 3 is 2.31 bits per heavy atom. The summed E-state index contributed by atoms with van der Waals surface area (Å²) in [5, 5.41) is 32.9. The molecule has 15 atom stereocenters. The molecule has 14 heteroatoms. The number of hydrogen-bond donors (Lipinski definition) is 3. The molecule has 0 spiro atoms. The van der Waals surface area contributed by atoms with Crippen molar-refractivity contribution in [3.8, 4) is 0 Å². The van der Waals surface area contributed by atoms with Crippen LogP contribution in [-0.4, -0.2) is 146 Å². The first-order chi connectivity index (χ1) is 31.9. The predicted octanol–water partition coefficient (Wildman–Crippen LogP) is 6.67. The van der Waals surface area contributed by atoms with Gasteiger partial charge >= 0.3 is 5.97 Å². The van der Waals surface area contributed by atoms with Crippen molar-refractivity contribution in [2.45, 2.75) is 180 Å². The second kappa shape index (κ2) is 27.5. The average Bonchev–Trinajstić information content (AvgIpc) is 3.30. The smallest absolute Gasteiger partial charge is 0.323 e. The minimum atomic E-state index is -2.06. The van der Waals surface area contributed by atoms with Gasteiger partial charge < -0.3 is 43.7 Å². The van der Waals surface area contributed by atoms with Gasteiger partial charge in [-0.2, -0.15) is 0 Å². The zero-order valence-electron chi connectivity index (χ0n) is 42.2. The van der Waals surface area contributed by atoms with Crippen molar-refractivity contribution in [2.24, 2.45) is 35.5 Å². The highest BCUT2D eigenvalue weighted by atomic mass is 16.6. The van der Waals surface area contributed by atoms with Crippen molar-refractivity contribution >= 4 is 23.3 Å². The summed E-state index contributed by atoms with van der Waals surface area (Å²) in [6, 6.07) is -0.775. The summed E-state index contributed by atoms with van der Waals surface area (Å²) in [5.41, 5.74) is 1.31. The summed E-state index contributed by atoms with van der Waals surface area (Å²) in [5.74, 6) is -5.10. The molecule has 0 amide bonds. The number of ether oxygens (including phenoxy) is 6. The number of carbonyl (C=O) groups is 4. The highest BCUT2D eigenvalue weighted by Gasteiger charge is 2.49. The fourth-order valence-electron chi connectivity index (χ4n) is 10.6. The Labute approximate surface area is 400 Å². The molecule has 14 nitrogen and oxygen atoms in total. The van der Waals surface area contributed by atoms with Crippen molar-refractivity contribution in [1.82, 2.24) is 4.90 Å². The lowest BCUT2D eigenvalue weighted by Crippen LogP contribution is -2.58. The molecule has 3 aliphatic heterocycles. The normalized spacial score (nSPS) is 38.1. The summed E-state index contributed by atoms with van der Waals surface area (Å²) in [4.78, 5) is 58.4. The molecule has 3 heterocycles. The Morgan fingerprint density at radius 1 is 0.881 bits per heavy atom. The number of esters is 1. The fraction of sp³-hybridized carbons (Fsp3) is 0.774. The van der Waals surface area contributed by atoms with Gasteiger partial charge in [-0.25, -0.2) is 0 Å². The summed E-state index contributed by atoms with van der Waals surface area (Å²) >= 11 is 0. The summed E-state index contributed by atoms with van der Waals surface area (Å²) < 4.78 is 35.9. The van der Waals surface area contributed by atoms with Crippen LogP contribution in [0.3, 0.4) is 0 Å². The van der Waals surface area contributed by atoms with Crippen molar-refractivity contribution < 1.29 is 62.9 Å². The third-order valence-corrected chi connectivity index (χ3v) is 15.0. The van der Waals surface area contributed by atoms with Gasteiger partial charge in [0.05, 0.1) is 50.3 Å². The minimum absolute atomic E-state index is 0.0445. The highest BCUT2D eigenvalue weighted by molar-refractivity contribution is 5.95. The van der Waals surface area contributed by atoms with Gasteiger partial charge in [0.15, 0.2) is 11.6 Å². The molecule has 2 saturated heterocycles. The zero-order chi connectivity index (χ0) is 49.4. The molecule has 1 saturated carbocycles. The van der Waals surface area contributed by atoms with E-state index in [0.29, 0.717) is 57.1 Å². The van der Waals surface area contributed by atoms with E-state index in [1.807, 2.05) is 65.0 Å². The number of carbonyl (C=O) groups excluding carboxylic acids is 4. The van der Waals surface area contributed by atoms with Gasteiger partial charge in [-0.1, -0.05) is 77.5 Å². The van der Waals surface area contributed by atoms with Gasteiger partial charge in [0.1, 0.15) is 18.2 Å². The second-order valence-electron chi connectivity index (χ2n) is 20.2. The number of cyclic esters (lactones) is 1. The topological polar surface area (TPSA) is 188 Å². The molecular weight excluding hydrogens is 859 g/mol. The monoisotopic (exact) mass is 944 g/mol. The number of rotatable bonds is 9. The first-order valence-corrected chi connectivity index (χ1v) is 25.0. The van der Waals surface area contributed by atoms with Crippen LogP contribution in [0.25, 0.3) is 0 Å². The van der Waals surface area contributed by atoms with Crippen molar-refractivity contribution in [1.29, 1.82) is 0 Å². The van der Waals surface area contributed by atoms with Crippen LogP contribution in [0.1, 0.15) is 126 Å². The van der Waals surface area contributed by atoms with Crippen LogP contribution in [0.15, 0.2) is 47.6 Å². The molecule has 0 aromatic heterocycles. The molecule has 15 unspecified atom stereocenters. The highest BCUT2D eigenvalue weighted by Crippen LogP contribution is 2.38. The first-order valence-electron chi connectivity index (χ1n) is 25.0. The minimum Gasteiger partial charge on any atom is -0.460 e. The van der Waals surface area contributed by atoms with Crippen LogP contribution in [0.2, 0.25) is 0 Å². The fourth-order valence-corrected chi connectivity index (χ4v) is 10.6. The Kier molecular flexibility index (Phi) is 23.2. The largest absolute Gasteiger partial charge is 0.460 e. The van der Waals surface area contributed by atoms with E-state index in [1.54, 1.807) is 39.0 Å². The van der Waals surface area contributed by atoms with Crippen molar-refractivity contribution in [2.75, 3.05) is 47.6 Å². The molecule has 67 heavy (non-hydrogen) atoms. The van der Waals surface area contributed by atoms with Crippen LogP contribution in [0, 0.1) is 35.5 Å². The Balaban J connectivity index is 1.67. The Bertz CT molecular complexity index is 1730. The van der Waals surface area contributed by atoms with E-state index < -0.39 is 65.8 Å². The quantitative estimate of drug-likeness (QED) is 0.208. The van der Waals surface area contributed by atoms with E-state index in [9.17, 15) is 34.5 Å². The predicted molar refractivity (Wildman–Crippen MR) is 256 cm³/mol. The molecule has 4 rings (SSSR count). The number of Topliss-reactive ketones (excluding diaryl/α,β-unsaturated/α-hetero) is 3. The first kappa shape index (κ1) is 56.7. The maximum atomic E-state index is 14.5. The lowest BCUT2D eigenvalue weighted by atomic mass is 9.78. The van der Waals surface area contributed by atoms with E-state index in [0.717, 1.165) is 31.3 Å². The van der Waals surface area contributed by atoms with Crippen LogP contribution in [0.4, 0.5) is 0 Å². The average molecular weight is 944 g/mol. The number of piperidine rings is 1. The van der Waals surface area contributed by atoms with E-state index in [2.05, 4.69) is 0 Å². The van der Waals surface area contributed by atoms with Crippen LogP contribution in [0.5, 0.6) is 0 Å². The zero-order valence-corrected chi connectivity index (χ0v) is 42.2. The van der Waals surface area contributed by atoms with E-state index >= 15 is 0 Å².